The average Bonchev–Trinajstić information content (AvgIpc) is 3.11. The summed E-state index contributed by atoms with van der Waals surface area (Å²) >= 11 is 0. The molecule has 0 spiro atoms. The fraction of sp³-hybridized carbons (Fsp3) is 0.650. The Morgan fingerprint density at radius 1 is 1.24 bits per heavy atom. The molecule has 0 radical (unpaired) electrons. The summed E-state index contributed by atoms with van der Waals surface area (Å²) in [4.78, 5) is 12.4. The molecule has 5 heteroatoms. The number of amides is 2. The number of carbonyl (C=O) groups excluding carboxylic acids is 1. The first kappa shape index (κ1) is 16.9. The third-order valence-corrected chi connectivity index (χ3v) is 6.19. The molecule has 3 N–H and O–H groups in total. The van der Waals surface area contributed by atoms with E-state index in [-0.39, 0.29) is 18.6 Å². The summed E-state index contributed by atoms with van der Waals surface area (Å²) in [5, 5.41) is 17.1. The minimum Gasteiger partial charge on any atom is -0.383 e. The molecule has 2 amide bonds. The number of hydrogen-bond acceptors (Lipinski definition) is 3. The zero-order valence-corrected chi connectivity index (χ0v) is 14.7. The Bertz CT molecular complexity index is 635. The smallest absolute Gasteiger partial charge is 0.315 e. The van der Waals surface area contributed by atoms with Crippen LogP contribution in [0, 0.1) is 5.92 Å². The third-order valence-electron chi connectivity index (χ3n) is 6.19. The van der Waals surface area contributed by atoms with Crippen molar-refractivity contribution in [2.24, 2.45) is 5.92 Å². The maximum Gasteiger partial charge on any atom is 0.315 e. The summed E-state index contributed by atoms with van der Waals surface area (Å²) in [7, 11) is 0. The van der Waals surface area contributed by atoms with Gasteiger partial charge in [-0.3, -0.25) is 0 Å². The summed E-state index contributed by atoms with van der Waals surface area (Å²) in [5.74, 6) is 0.443. The number of urea groups is 1. The predicted molar refractivity (Wildman–Crippen MR) is 95.3 cm³/mol. The lowest BCUT2D eigenvalue weighted by Gasteiger charge is -2.36. The van der Waals surface area contributed by atoms with Gasteiger partial charge in [0.25, 0.3) is 0 Å². The lowest BCUT2D eigenvalue weighted by Crippen LogP contribution is -2.52. The molecular formula is C20H28N2O3. The molecule has 25 heavy (non-hydrogen) atoms. The van der Waals surface area contributed by atoms with Crippen LogP contribution in [0.1, 0.15) is 49.7 Å². The summed E-state index contributed by atoms with van der Waals surface area (Å²) in [6, 6.07) is 8.03. The first-order valence-electron chi connectivity index (χ1n) is 9.62. The molecule has 1 aliphatic heterocycles. The van der Waals surface area contributed by atoms with Crippen molar-refractivity contribution in [3.63, 3.8) is 0 Å². The quantitative estimate of drug-likeness (QED) is 0.789. The van der Waals surface area contributed by atoms with Gasteiger partial charge in [0.1, 0.15) is 5.60 Å². The Balaban J connectivity index is 1.36. The van der Waals surface area contributed by atoms with E-state index in [0.29, 0.717) is 18.4 Å². The van der Waals surface area contributed by atoms with Gasteiger partial charge in [-0.15, -0.1) is 0 Å². The molecule has 4 rings (SSSR count). The number of ether oxygens (including phenoxy) is 1. The molecule has 2 fully saturated rings. The van der Waals surface area contributed by atoms with Gasteiger partial charge in [-0.05, 0) is 56.1 Å². The molecule has 1 aromatic rings. The van der Waals surface area contributed by atoms with E-state index in [1.807, 2.05) is 18.2 Å². The second-order valence-electron chi connectivity index (χ2n) is 7.77. The van der Waals surface area contributed by atoms with Gasteiger partial charge in [0.2, 0.25) is 0 Å². The number of aliphatic hydroxyl groups is 1. The number of aryl methyl sites for hydroxylation is 1. The first-order valence-corrected chi connectivity index (χ1v) is 9.62. The Kier molecular flexibility index (Phi) is 4.69. The second-order valence-corrected chi connectivity index (χ2v) is 7.77. The Hall–Kier alpha value is -1.59. The molecule has 3 aliphatic rings. The molecule has 0 bridgehead atoms. The van der Waals surface area contributed by atoms with E-state index in [9.17, 15) is 9.90 Å². The zero-order valence-electron chi connectivity index (χ0n) is 14.7. The summed E-state index contributed by atoms with van der Waals surface area (Å²) in [6.45, 7) is 1.07. The summed E-state index contributed by atoms with van der Waals surface area (Å²) in [5.41, 5.74) is 1.19. The van der Waals surface area contributed by atoms with Gasteiger partial charge >= 0.3 is 6.03 Å². The minimum atomic E-state index is -0.961. The van der Waals surface area contributed by atoms with Crippen molar-refractivity contribution in [1.29, 1.82) is 0 Å². The molecular weight excluding hydrogens is 316 g/mol. The van der Waals surface area contributed by atoms with Gasteiger partial charge in [-0.1, -0.05) is 24.3 Å². The molecule has 0 aromatic heterocycles. The van der Waals surface area contributed by atoms with Crippen LogP contribution >= 0.6 is 0 Å². The van der Waals surface area contributed by atoms with Gasteiger partial charge < -0.3 is 20.5 Å². The molecule has 1 saturated carbocycles. The van der Waals surface area contributed by atoms with Gasteiger partial charge in [-0.2, -0.15) is 0 Å². The number of rotatable bonds is 3. The summed E-state index contributed by atoms with van der Waals surface area (Å²) in [6.07, 6.45) is 7.21. The van der Waals surface area contributed by atoms with E-state index in [1.54, 1.807) is 0 Å². The number of nitrogens with one attached hydrogen (secondary N) is 2. The van der Waals surface area contributed by atoms with Crippen molar-refractivity contribution in [2.45, 2.75) is 62.7 Å². The molecule has 2 aliphatic carbocycles. The number of carbonyl (C=O) groups is 1. The van der Waals surface area contributed by atoms with Crippen LogP contribution in [0.5, 0.6) is 0 Å². The van der Waals surface area contributed by atoms with E-state index >= 15 is 0 Å². The van der Waals surface area contributed by atoms with Gasteiger partial charge in [-0.25, -0.2) is 4.79 Å². The molecule has 5 nitrogen and oxygen atoms in total. The topological polar surface area (TPSA) is 70.6 Å². The highest BCUT2D eigenvalue weighted by molar-refractivity contribution is 5.74. The number of benzene rings is 1. The van der Waals surface area contributed by atoms with Crippen LogP contribution in [-0.2, 0) is 16.8 Å². The van der Waals surface area contributed by atoms with Gasteiger partial charge in [0.15, 0.2) is 0 Å². The molecule has 1 saturated heterocycles. The fourth-order valence-corrected chi connectivity index (χ4v) is 4.88. The van der Waals surface area contributed by atoms with Crippen LogP contribution in [0.3, 0.4) is 0 Å². The number of fused-ring (bicyclic) bond motifs is 2. The van der Waals surface area contributed by atoms with Crippen molar-refractivity contribution in [3.05, 3.63) is 35.4 Å². The largest absolute Gasteiger partial charge is 0.383 e. The predicted octanol–water partition coefficient (Wildman–Crippen LogP) is 2.47. The van der Waals surface area contributed by atoms with Gasteiger partial charge in [0, 0.05) is 18.6 Å². The van der Waals surface area contributed by atoms with E-state index in [4.69, 9.17) is 4.74 Å². The van der Waals surface area contributed by atoms with Crippen molar-refractivity contribution in [2.75, 3.05) is 13.2 Å². The van der Waals surface area contributed by atoms with E-state index in [0.717, 1.165) is 50.7 Å². The minimum absolute atomic E-state index is 0.172. The van der Waals surface area contributed by atoms with Crippen LogP contribution < -0.4 is 10.6 Å². The maximum atomic E-state index is 12.4. The van der Waals surface area contributed by atoms with Crippen molar-refractivity contribution >= 4 is 6.03 Å². The van der Waals surface area contributed by atoms with Crippen LogP contribution in [-0.4, -0.2) is 36.4 Å². The van der Waals surface area contributed by atoms with E-state index in [1.165, 1.54) is 5.56 Å². The molecule has 136 valence electrons. The molecule has 1 heterocycles. The maximum absolute atomic E-state index is 12.4. The molecule has 1 aromatic carbocycles. The highest BCUT2D eigenvalue weighted by atomic mass is 16.5. The van der Waals surface area contributed by atoms with Crippen LogP contribution in [0.2, 0.25) is 0 Å². The van der Waals surface area contributed by atoms with E-state index < -0.39 is 5.60 Å². The zero-order chi connectivity index (χ0) is 17.3. The monoisotopic (exact) mass is 344 g/mol. The SMILES string of the molecule is O=C(NCC1(O)CCCc2ccccc21)NC1CCCC2OCCC12. The van der Waals surface area contributed by atoms with Crippen molar-refractivity contribution in [3.8, 4) is 0 Å². The average molecular weight is 344 g/mol. The summed E-state index contributed by atoms with van der Waals surface area (Å²) < 4.78 is 5.77. The highest BCUT2D eigenvalue weighted by Gasteiger charge is 2.39. The standard InChI is InChI=1S/C20H28N2O3/c23-19(22-17-8-3-9-18-15(17)10-12-25-18)21-13-20(24)11-4-6-14-5-1-2-7-16(14)20/h1-2,5,7,15,17-18,24H,3-4,6,8-13H2,(H2,21,22,23). The van der Waals surface area contributed by atoms with Crippen molar-refractivity contribution < 1.29 is 14.6 Å². The van der Waals surface area contributed by atoms with Crippen LogP contribution in [0.4, 0.5) is 4.79 Å². The molecule has 4 unspecified atom stereocenters. The Labute approximate surface area is 149 Å². The lowest BCUT2D eigenvalue weighted by atomic mass is 9.79. The number of hydrogen-bond donors (Lipinski definition) is 3. The van der Waals surface area contributed by atoms with Gasteiger partial charge in [0.05, 0.1) is 12.6 Å². The normalized spacial score (nSPS) is 34.0. The van der Waals surface area contributed by atoms with Crippen LogP contribution in [0.25, 0.3) is 0 Å². The molecule has 4 atom stereocenters. The van der Waals surface area contributed by atoms with Crippen LogP contribution in [0.15, 0.2) is 24.3 Å². The first-order chi connectivity index (χ1) is 12.2. The lowest BCUT2D eigenvalue weighted by molar-refractivity contribution is 0.0211. The van der Waals surface area contributed by atoms with Crippen molar-refractivity contribution in [1.82, 2.24) is 10.6 Å². The fourth-order valence-electron chi connectivity index (χ4n) is 4.88. The second kappa shape index (κ2) is 6.96. The highest BCUT2D eigenvalue weighted by Crippen LogP contribution is 2.35. The Morgan fingerprint density at radius 2 is 2.12 bits per heavy atom. The Morgan fingerprint density at radius 3 is 3.04 bits per heavy atom. The van der Waals surface area contributed by atoms with E-state index in [2.05, 4.69) is 16.7 Å². The third kappa shape index (κ3) is 3.40.